The molecule has 2 N–H and O–H groups in total. The highest BCUT2D eigenvalue weighted by Gasteiger charge is 2.27. The normalized spacial score (nSPS) is 40.3. The molecule has 14 heavy (non-hydrogen) atoms. The van der Waals surface area contributed by atoms with E-state index in [1.807, 2.05) is 0 Å². The zero-order valence-corrected chi connectivity index (χ0v) is 9.11. The molecule has 2 fully saturated rings. The third-order valence-electron chi connectivity index (χ3n) is 3.57. The van der Waals surface area contributed by atoms with Gasteiger partial charge < -0.3 is 15.4 Å². The van der Waals surface area contributed by atoms with Crippen molar-refractivity contribution in [3.05, 3.63) is 0 Å². The lowest BCUT2D eigenvalue weighted by atomic mass is 9.99. The van der Waals surface area contributed by atoms with Gasteiger partial charge in [0.2, 0.25) is 0 Å². The summed E-state index contributed by atoms with van der Waals surface area (Å²) < 4.78 is 5.58. The molecular formula is C11H22N2O. The van der Waals surface area contributed by atoms with Crippen LogP contribution in [0.1, 0.15) is 26.2 Å². The SMILES string of the molecule is CC1OCCC1CN1CCCC(N)C1. The summed E-state index contributed by atoms with van der Waals surface area (Å²) in [5.74, 6) is 0.736. The number of piperidine rings is 1. The topological polar surface area (TPSA) is 38.5 Å². The first-order valence-corrected chi connectivity index (χ1v) is 5.85. The highest BCUT2D eigenvalue weighted by atomic mass is 16.5. The van der Waals surface area contributed by atoms with E-state index in [4.69, 9.17) is 10.5 Å². The van der Waals surface area contributed by atoms with E-state index in [-0.39, 0.29) is 0 Å². The number of ether oxygens (including phenoxy) is 1. The Labute approximate surface area is 86.6 Å². The van der Waals surface area contributed by atoms with Crippen molar-refractivity contribution < 1.29 is 4.74 Å². The van der Waals surface area contributed by atoms with E-state index in [1.54, 1.807) is 0 Å². The molecule has 2 heterocycles. The monoisotopic (exact) mass is 198 g/mol. The van der Waals surface area contributed by atoms with E-state index in [9.17, 15) is 0 Å². The highest BCUT2D eigenvalue weighted by molar-refractivity contribution is 4.80. The van der Waals surface area contributed by atoms with Gasteiger partial charge in [0.15, 0.2) is 0 Å². The van der Waals surface area contributed by atoms with Crippen LogP contribution in [0.3, 0.4) is 0 Å². The van der Waals surface area contributed by atoms with E-state index in [0.717, 1.165) is 19.1 Å². The fourth-order valence-electron chi connectivity index (χ4n) is 2.60. The molecule has 2 rings (SSSR count). The number of hydrogen-bond acceptors (Lipinski definition) is 3. The zero-order chi connectivity index (χ0) is 9.97. The van der Waals surface area contributed by atoms with Crippen LogP contribution in [0.2, 0.25) is 0 Å². The minimum Gasteiger partial charge on any atom is -0.378 e. The third-order valence-corrected chi connectivity index (χ3v) is 3.57. The lowest BCUT2D eigenvalue weighted by Gasteiger charge is -2.33. The van der Waals surface area contributed by atoms with Gasteiger partial charge in [-0.1, -0.05) is 0 Å². The highest BCUT2D eigenvalue weighted by Crippen LogP contribution is 2.22. The van der Waals surface area contributed by atoms with Crippen molar-refractivity contribution in [2.75, 3.05) is 26.2 Å². The smallest absolute Gasteiger partial charge is 0.0588 e. The molecule has 0 aromatic rings. The Morgan fingerprint density at radius 2 is 2.29 bits per heavy atom. The number of rotatable bonds is 2. The van der Waals surface area contributed by atoms with Crippen LogP contribution in [0.25, 0.3) is 0 Å². The first-order chi connectivity index (χ1) is 6.75. The maximum Gasteiger partial charge on any atom is 0.0588 e. The molecular weight excluding hydrogens is 176 g/mol. The van der Waals surface area contributed by atoms with Gasteiger partial charge in [0, 0.05) is 25.7 Å². The van der Waals surface area contributed by atoms with Gasteiger partial charge in [-0.05, 0) is 38.6 Å². The predicted molar refractivity (Wildman–Crippen MR) is 57.2 cm³/mol. The Morgan fingerprint density at radius 3 is 2.93 bits per heavy atom. The van der Waals surface area contributed by atoms with E-state index >= 15 is 0 Å². The summed E-state index contributed by atoms with van der Waals surface area (Å²) in [6.07, 6.45) is 4.15. The van der Waals surface area contributed by atoms with Crippen LogP contribution in [0.5, 0.6) is 0 Å². The van der Waals surface area contributed by atoms with Gasteiger partial charge in [0.05, 0.1) is 6.10 Å². The Morgan fingerprint density at radius 1 is 1.43 bits per heavy atom. The quantitative estimate of drug-likeness (QED) is 0.714. The Kier molecular flexibility index (Phi) is 3.42. The van der Waals surface area contributed by atoms with Crippen molar-refractivity contribution in [2.24, 2.45) is 11.7 Å². The van der Waals surface area contributed by atoms with E-state index in [2.05, 4.69) is 11.8 Å². The Hall–Kier alpha value is -0.120. The van der Waals surface area contributed by atoms with Gasteiger partial charge in [-0.25, -0.2) is 0 Å². The van der Waals surface area contributed by atoms with Gasteiger partial charge in [-0.2, -0.15) is 0 Å². The average Bonchev–Trinajstić information content (AvgIpc) is 2.52. The largest absolute Gasteiger partial charge is 0.378 e. The molecule has 0 amide bonds. The second-order valence-corrected chi connectivity index (χ2v) is 4.79. The van der Waals surface area contributed by atoms with E-state index in [0.29, 0.717) is 12.1 Å². The number of likely N-dealkylation sites (tertiary alicyclic amines) is 1. The van der Waals surface area contributed by atoms with E-state index in [1.165, 1.54) is 32.4 Å². The zero-order valence-electron chi connectivity index (χ0n) is 9.11. The number of hydrogen-bond donors (Lipinski definition) is 1. The molecule has 0 aromatic carbocycles. The van der Waals surface area contributed by atoms with Crippen LogP contribution in [-0.4, -0.2) is 43.3 Å². The molecule has 2 aliphatic rings. The summed E-state index contributed by atoms with van der Waals surface area (Å²) >= 11 is 0. The van der Waals surface area contributed by atoms with Crippen LogP contribution in [0, 0.1) is 5.92 Å². The molecule has 3 nitrogen and oxygen atoms in total. The van der Waals surface area contributed by atoms with Crippen LogP contribution in [0.4, 0.5) is 0 Å². The lowest BCUT2D eigenvalue weighted by molar-refractivity contribution is 0.0869. The van der Waals surface area contributed by atoms with Crippen LogP contribution in [0.15, 0.2) is 0 Å². The molecule has 0 radical (unpaired) electrons. The van der Waals surface area contributed by atoms with Gasteiger partial charge >= 0.3 is 0 Å². The Bertz CT molecular complexity index is 186. The summed E-state index contributed by atoms with van der Waals surface area (Å²) in [5.41, 5.74) is 5.96. The van der Waals surface area contributed by atoms with Crippen molar-refractivity contribution >= 4 is 0 Å². The molecule has 2 aliphatic heterocycles. The van der Waals surface area contributed by atoms with Crippen molar-refractivity contribution in [2.45, 2.75) is 38.3 Å². The molecule has 0 aromatic heterocycles. The minimum atomic E-state index is 0.404. The first-order valence-electron chi connectivity index (χ1n) is 5.85. The summed E-state index contributed by atoms with van der Waals surface area (Å²) in [6, 6.07) is 0.404. The Balaban J connectivity index is 1.78. The average molecular weight is 198 g/mol. The van der Waals surface area contributed by atoms with Gasteiger partial charge in [-0.15, -0.1) is 0 Å². The maximum atomic E-state index is 5.96. The fourth-order valence-corrected chi connectivity index (χ4v) is 2.60. The summed E-state index contributed by atoms with van der Waals surface area (Å²) in [6.45, 7) is 6.66. The summed E-state index contributed by atoms with van der Waals surface area (Å²) in [4.78, 5) is 2.52. The minimum absolute atomic E-state index is 0.404. The van der Waals surface area contributed by atoms with Crippen LogP contribution < -0.4 is 5.73 Å². The van der Waals surface area contributed by atoms with Crippen molar-refractivity contribution in [3.8, 4) is 0 Å². The number of nitrogens with two attached hydrogens (primary N) is 1. The molecule has 0 bridgehead atoms. The molecule has 0 saturated carbocycles. The molecule has 0 spiro atoms. The van der Waals surface area contributed by atoms with Gasteiger partial charge in [0.1, 0.15) is 0 Å². The standard InChI is InChI=1S/C11H22N2O/c1-9-10(4-6-14-9)7-13-5-2-3-11(12)8-13/h9-11H,2-8,12H2,1H3. The molecule has 3 unspecified atom stereocenters. The third kappa shape index (κ3) is 2.47. The summed E-state index contributed by atoms with van der Waals surface area (Å²) in [5, 5.41) is 0. The molecule has 82 valence electrons. The first kappa shape index (κ1) is 10.4. The molecule has 3 heteroatoms. The second kappa shape index (κ2) is 4.60. The summed E-state index contributed by atoms with van der Waals surface area (Å²) in [7, 11) is 0. The second-order valence-electron chi connectivity index (χ2n) is 4.79. The van der Waals surface area contributed by atoms with Gasteiger partial charge in [-0.3, -0.25) is 0 Å². The van der Waals surface area contributed by atoms with Crippen LogP contribution >= 0.6 is 0 Å². The van der Waals surface area contributed by atoms with Crippen molar-refractivity contribution in [1.82, 2.24) is 4.90 Å². The number of nitrogens with zero attached hydrogens (tertiary/aromatic N) is 1. The maximum absolute atomic E-state index is 5.96. The van der Waals surface area contributed by atoms with Crippen molar-refractivity contribution in [1.29, 1.82) is 0 Å². The molecule has 0 aliphatic carbocycles. The van der Waals surface area contributed by atoms with Gasteiger partial charge in [0.25, 0.3) is 0 Å². The van der Waals surface area contributed by atoms with Crippen molar-refractivity contribution in [3.63, 3.8) is 0 Å². The predicted octanol–water partition coefficient (Wildman–Crippen LogP) is 0.835. The molecule has 2 saturated heterocycles. The van der Waals surface area contributed by atoms with E-state index < -0.39 is 0 Å². The lowest BCUT2D eigenvalue weighted by Crippen LogP contribution is -2.45. The van der Waals surface area contributed by atoms with Crippen LogP contribution in [-0.2, 0) is 4.74 Å². The molecule has 3 atom stereocenters. The fraction of sp³-hybridized carbons (Fsp3) is 1.00.